The molecule has 0 amide bonds. The molecule has 214 valence electrons. The SMILES string of the molecule is CC(=O)O[C@H]1CC[C@@]2(C)[C@@H](CCC3(C)[C@@H]2CC[C@@H]2C4C(C(C)C)CCC4(C(=O)C(=O)O)CC[C@]23C)C1(C)C. The fourth-order valence-corrected chi connectivity index (χ4v) is 12.4. The van der Waals surface area contributed by atoms with Crippen LogP contribution in [-0.4, -0.2) is 28.9 Å². The van der Waals surface area contributed by atoms with Crippen LogP contribution in [0.5, 0.6) is 0 Å². The first-order chi connectivity index (χ1) is 17.6. The van der Waals surface area contributed by atoms with E-state index in [1.165, 1.54) is 13.3 Å². The summed E-state index contributed by atoms with van der Waals surface area (Å²) in [7, 11) is 0. The second-order valence-electron chi connectivity index (χ2n) is 15.9. The molecule has 5 aliphatic rings. The van der Waals surface area contributed by atoms with Gasteiger partial charge in [-0.05, 0) is 116 Å². The van der Waals surface area contributed by atoms with Gasteiger partial charge in [0.05, 0.1) is 0 Å². The molecule has 5 rings (SSSR count). The van der Waals surface area contributed by atoms with Gasteiger partial charge in [-0.1, -0.05) is 48.5 Å². The van der Waals surface area contributed by atoms with Crippen LogP contribution in [0.15, 0.2) is 0 Å². The highest BCUT2D eigenvalue weighted by Crippen LogP contribution is 2.77. The Labute approximate surface area is 230 Å². The van der Waals surface area contributed by atoms with E-state index in [9.17, 15) is 19.5 Å². The summed E-state index contributed by atoms with van der Waals surface area (Å²) >= 11 is 0. The van der Waals surface area contributed by atoms with Gasteiger partial charge in [0.2, 0.25) is 5.78 Å². The topological polar surface area (TPSA) is 80.7 Å². The summed E-state index contributed by atoms with van der Waals surface area (Å²) in [5.41, 5.74) is -0.264. The molecule has 0 radical (unpaired) electrons. The molecule has 4 unspecified atom stereocenters. The minimum Gasteiger partial charge on any atom is -0.475 e. The van der Waals surface area contributed by atoms with Crippen LogP contribution in [0.25, 0.3) is 0 Å². The second kappa shape index (κ2) is 8.80. The molecule has 5 fully saturated rings. The van der Waals surface area contributed by atoms with Crippen LogP contribution in [-0.2, 0) is 19.1 Å². The van der Waals surface area contributed by atoms with Gasteiger partial charge in [0.25, 0.3) is 0 Å². The molecule has 0 aliphatic heterocycles. The predicted molar refractivity (Wildman–Crippen MR) is 147 cm³/mol. The average molecular weight is 529 g/mol. The van der Waals surface area contributed by atoms with Crippen molar-refractivity contribution >= 4 is 17.7 Å². The maximum Gasteiger partial charge on any atom is 0.372 e. The number of hydrogen-bond acceptors (Lipinski definition) is 4. The predicted octanol–water partition coefficient (Wildman–Crippen LogP) is 7.31. The quantitative estimate of drug-likeness (QED) is 0.306. The number of ether oxygens (including phenoxy) is 1. The number of rotatable bonds is 4. The molecule has 10 atom stereocenters. The largest absolute Gasteiger partial charge is 0.475 e. The number of esters is 1. The molecule has 0 heterocycles. The molecule has 5 saturated carbocycles. The first-order valence-corrected chi connectivity index (χ1v) is 15.5. The van der Waals surface area contributed by atoms with E-state index < -0.39 is 17.2 Å². The lowest BCUT2D eigenvalue weighted by Gasteiger charge is -2.73. The molecule has 5 nitrogen and oxygen atoms in total. The Bertz CT molecular complexity index is 1010. The average Bonchev–Trinajstić information content (AvgIpc) is 3.22. The summed E-state index contributed by atoms with van der Waals surface area (Å²) in [6, 6.07) is 0. The van der Waals surface area contributed by atoms with Gasteiger partial charge in [-0.25, -0.2) is 4.79 Å². The third kappa shape index (κ3) is 3.51. The molecule has 0 spiro atoms. The lowest BCUT2D eigenvalue weighted by Crippen LogP contribution is -2.67. The van der Waals surface area contributed by atoms with E-state index in [1.54, 1.807) is 0 Å². The highest BCUT2D eigenvalue weighted by atomic mass is 16.5. The van der Waals surface area contributed by atoms with Crippen molar-refractivity contribution in [2.75, 3.05) is 0 Å². The minimum absolute atomic E-state index is 0.0167. The van der Waals surface area contributed by atoms with E-state index in [0.29, 0.717) is 29.6 Å². The van der Waals surface area contributed by atoms with Gasteiger partial charge in [0.15, 0.2) is 0 Å². The number of aliphatic carboxylic acids is 1. The van der Waals surface area contributed by atoms with E-state index in [1.807, 2.05) is 0 Å². The van der Waals surface area contributed by atoms with Crippen LogP contribution >= 0.6 is 0 Å². The molecular formula is C33H52O5. The highest BCUT2D eigenvalue weighted by Gasteiger charge is 2.72. The van der Waals surface area contributed by atoms with Crippen LogP contribution in [0.4, 0.5) is 0 Å². The van der Waals surface area contributed by atoms with E-state index in [2.05, 4.69) is 48.5 Å². The Morgan fingerprint density at radius 3 is 2.08 bits per heavy atom. The zero-order valence-corrected chi connectivity index (χ0v) is 25.2. The molecule has 5 aliphatic carbocycles. The fourth-order valence-electron chi connectivity index (χ4n) is 12.4. The maximum atomic E-state index is 13.4. The minimum atomic E-state index is -1.22. The van der Waals surface area contributed by atoms with E-state index in [4.69, 9.17) is 4.74 Å². The number of carbonyl (C=O) groups excluding carboxylic acids is 2. The Balaban J connectivity index is 1.53. The molecular weight excluding hydrogens is 476 g/mol. The van der Waals surface area contributed by atoms with E-state index in [-0.39, 0.29) is 39.7 Å². The molecule has 5 heteroatoms. The van der Waals surface area contributed by atoms with Crippen molar-refractivity contribution in [3.63, 3.8) is 0 Å². The Hall–Kier alpha value is -1.39. The molecule has 1 N–H and O–H groups in total. The molecule has 0 aromatic carbocycles. The van der Waals surface area contributed by atoms with Gasteiger partial charge >= 0.3 is 11.9 Å². The summed E-state index contributed by atoms with van der Waals surface area (Å²) in [4.78, 5) is 37.4. The lowest BCUT2D eigenvalue weighted by molar-refractivity contribution is -0.250. The Kier molecular flexibility index (Phi) is 6.52. The normalized spacial score (nSPS) is 49.3. The first kappa shape index (κ1) is 28.1. The van der Waals surface area contributed by atoms with Gasteiger partial charge in [0, 0.05) is 17.8 Å². The first-order valence-electron chi connectivity index (χ1n) is 15.5. The molecule has 0 saturated heterocycles. The molecule has 38 heavy (non-hydrogen) atoms. The number of Topliss-reactive ketones (excluding diaryl/α,β-unsaturated/α-hetero) is 1. The lowest BCUT2D eigenvalue weighted by atomic mass is 9.32. The van der Waals surface area contributed by atoms with Crippen molar-refractivity contribution in [1.29, 1.82) is 0 Å². The molecule has 0 aromatic rings. The van der Waals surface area contributed by atoms with Crippen LogP contribution in [0.1, 0.15) is 120 Å². The van der Waals surface area contributed by atoms with Crippen molar-refractivity contribution in [2.45, 2.75) is 126 Å². The van der Waals surface area contributed by atoms with Crippen molar-refractivity contribution in [3.8, 4) is 0 Å². The second-order valence-corrected chi connectivity index (χ2v) is 15.9. The molecule has 0 bridgehead atoms. The van der Waals surface area contributed by atoms with Crippen molar-refractivity contribution in [2.24, 2.45) is 62.6 Å². The molecule has 0 aromatic heterocycles. The van der Waals surface area contributed by atoms with Gasteiger partial charge in [-0.15, -0.1) is 0 Å². The van der Waals surface area contributed by atoms with Gasteiger partial charge in [-0.3, -0.25) is 9.59 Å². The Morgan fingerprint density at radius 2 is 1.47 bits per heavy atom. The third-order valence-electron chi connectivity index (χ3n) is 14.2. The van der Waals surface area contributed by atoms with Gasteiger partial charge in [-0.2, -0.15) is 0 Å². The van der Waals surface area contributed by atoms with Crippen molar-refractivity contribution in [3.05, 3.63) is 0 Å². The summed E-state index contributed by atoms with van der Waals surface area (Å²) in [6.45, 7) is 18.4. The number of carbonyl (C=O) groups is 3. The van der Waals surface area contributed by atoms with Crippen LogP contribution in [0.3, 0.4) is 0 Å². The number of carboxylic acids is 1. The summed E-state index contributed by atoms with van der Waals surface area (Å²) < 4.78 is 5.88. The number of ketones is 1. The van der Waals surface area contributed by atoms with Gasteiger partial charge in [0.1, 0.15) is 6.10 Å². The Morgan fingerprint density at radius 1 is 0.789 bits per heavy atom. The highest BCUT2D eigenvalue weighted by molar-refractivity contribution is 6.35. The van der Waals surface area contributed by atoms with Crippen LogP contribution in [0.2, 0.25) is 0 Å². The van der Waals surface area contributed by atoms with Crippen molar-refractivity contribution in [1.82, 2.24) is 0 Å². The monoisotopic (exact) mass is 528 g/mol. The zero-order chi connectivity index (χ0) is 28.1. The zero-order valence-electron chi connectivity index (χ0n) is 25.2. The van der Waals surface area contributed by atoms with Crippen molar-refractivity contribution < 1.29 is 24.2 Å². The van der Waals surface area contributed by atoms with Crippen LogP contribution < -0.4 is 0 Å². The third-order valence-corrected chi connectivity index (χ3v) is 14.2. The van der Waals surface area contributed by atoms with E-state index in [0.717, 1.165) is 57.8 Å². The number of hydrogen-bond donors (Lipinski definition) is 1. The van der Waals surface area contributed by atoms with Gasteiger partial charge < -0.3 is 9.84 Å². The smallest absolute Gasteiger partial charge is 0.372 e. The summed E-state index contributed by atoms with van der Waals surface area (Å²) in [5.74, 6) is 0.689. The number of fused-ring (bicyclic) bond motifs is 7. The summed E-state index contributed by atoms with van der Waals surface area (Å²) in [6.07, 6.45) is 10.0. The standard InChI is InChI=1S/C33H52O5/c1-19(2)21-11-16-33(27(35)28(36)37)18-17-31(7)22(26(21)33)9-10-24-30(6)14-13-25(38-20(3)34)29(4,5)23(30)12-15-32(24,31)8/h19,21-26H,9-18H2,1-8H3,(H,36,37)/t21?,22-,23+,24-,25+,26?,30+,31-,32?,33?/m1/s1. The number of carboxylic acid groups (broad SMARTS) is 1. The summed E-state index contributed by atoms with van der Waals surface area (Å²) in [5, 5.41) is 9.91. The fraction of sp³-hybridized carbons (Fsp3) is 0.909. The van der Waals surface area contributed by atoms with E-state index >= 15 is 0 Å². The van der Waals surface area contributed by atoms with Crippen LogP contribution in [0, 0.1) is 62.6 Å². The maximum absolute atomic E-state index is 13.4.